The summed E-state index contributed by atoms with van der Waals surface area (Å²) >= 11 is 1.44. The highest BCUT2D eigenvalue weighted by atomic mass is 32.2. The van der Waals surface area contributed by atoms with Gasteiger partial charge in [0.25, 0.3) is 0 Å². The van der Waals surface area contributed by atoms with Gasteiger partial charge in [-0.25, -0.2) is 13.4 Å². The van der Waals surface area contributed by atoms with Gasteiger partial charge in [-0.05, 0) is 31.4 Å². The predicted molar refractivity (Wildman–Crippen MR) is 94.7 cm³/mol. The Morgan fingerprint density at radius 3 is 2.72 bits per heavy atom. The van der Waals surface area contributed by atoms with Crippen molar-refractivity contribution in [2.75, 3.05) is 13.1 Å². The first-order valence-electron chi connectivity index (χ1n) is 8.50. The third-order valence-corrected chi connectivity index (χ3v) is 6.80. The Kier molecular flexibility index (Phi) is 6.08. The third kappa shape index (κ3) is 4.59. The van der Waals surface area contributed by atoms with E-state index in [1.54, 1.807) is 16.4 Å². The highest BCUT2D eigenvalue weighted by molar-refractivity contribution is 7.98. The fourth-order valence-corrected chi connectivity index (χ4v) is 4.81. The molecule has 25 heavy (non-hydrogen) atoms. The maximum atomic E-state index is 12.6. The van der Waals surface area contributed by atoms with Crippen LogP contribution in [0.25, 0.3) is 0 Å². The van der Waals surface area contributed by atoms with Crippen LogP contribution in [0.3, 0.4) is 0 Å². The molecule has 1 aliphatic heterocycles. The molecule has 2 aromatic rings. The molecule has 1 saturated heterocycles. The first kappa shape index (κ1) is 18.3. The topological polar surface area (TPSA) is 89.2 Å². The van der Waals surface area contributed by atoms with Gasteiger partial charge in [0, 0.05) is 25.7 Å². The Morgan fingerprint density at radius 2 is 2.04 bits per heavy atom. The maximum absolute atomic E-state index is 12.6. The number of hydrogen-bond acceptors (Lipinski definition) is 7. The summed E-state index contributed by atoms with van der Waals surface area (Å²) in [7, 11) is -3.43. The summed E-state index contributed by atoms with van der Waals surface area (Å²) in [5.74, 6) is 1.79. The van der Waals surface area contributed by atoms with E-state index in [9.17, 15) is 8.42 Å². The zero-order valence-corrected chi connectivity index (χ0v) is 15.9. The molecule has 0 bridgehead atoms. The van der Waals surface area contributed by atoms with E-state index in [2.05, 4.69) is 22.0 Å². The van der Waals surface area contributed by atoms with E-state index >= 15 is 0 Å². The fourth-order valence-electron chi connectivity index (χ4n) is 2.67. The molecule has 0 amide bonds. The van der Waals surface area contributed by atoms with Crippen molar-refractivity contribution in [2.24, 2.45) is 0 Å². The zero-order chi connectivity index (χ0) is 17.7. The number of hydrogen-bond donors (Lipinski definition) is 0. The van der Waals surface area contributed by atoms with E-state index in [4.69, 9.17) is 4.52 Å². The minimum atomic E-state index is -3.43. The summed E-state index contributed by atoms with van der Waals surface area (Å²) in [6.07, 6.45) is 6.14. The summed E-state index contributed by atoms with van der Waals surface area (Å²) in [4.78, 5) is 8.82. The number of pyridine rings is 1. The Bertz CT molecular complexity index is 784. The number of thioether (sulfide) groups is 1. The summed E-state index contributed by atoms with van der Waals surface area (Å²) in [5, 5.41) is 4.64. The van der Waals surface area contributed by atoms with Crippen LogP contribution in [-0.2, 0) is 22.2 Å². The van der Waals surface area contributed by atoms with Crippen LogP contribution in [-0.4, -0.2) is 40.9 Å². The van der Waals surface area contributed by atoms with Gasteiger partial charge in [0.05, 0.1) is 10.8 Å². The van der Waals surface area contributed by atoms with Gasteiger partial charge in [-0.3, -0.25) is 0 Å². The van der Waals surface area contributed by atoms with Crippen LogP contribution in [0.4, 0.5) is 0 Å². The summed E-state index contributed by atoms with van der Waals surface area (Å²) in [6, 6.07) is 3.35. The summed E-state index contributed by atoms with van der Waals surface area (Å²) < 4.78 is 31.9. The second kappa shape index (κ2) is 8.29. The number of nitrogens with zero attached hydrogens (tertiary/aromatic N) is 4. The molecule has 0 radical (unpaired) electrons. The van der Waals surface area contributed by atoms with Crippen molar-refractivity contribution < 1.29 is 12.9 Å². The van der Waals surface area contributed by atoms with Crippen LogP contribution in [0.1, 0.15) is 44.3 Å². The summed E-state index contributed by atoms with van der Waals surface area (Å²) in [5.41, 5.74) is 0. The Hall–Kier alpha value is -1.45. The highest BCUT2D eigenvalue weighted by Crippen LogP contribution is 2.24. The van der Waals surface area contributed by atoms with Crippen molar-refractivity contribution in [2.45, 2.75) is 54.7 Å². The number of piperidine rings is 1. The van der Waals surface area contributed by atoms with Gasteiger partial charge in [0.15, 0.2) is 5.82 Å². The third-order valence-electron chi connectivity index (χ3n) is 3.99. The Balaban J connectivity index is 1.61. The van der Waals surface area contributed by atoms with E-state index in [0.29, 0.717) is 30.6 Å². The van der Waals surface area contributed by atoms with Crippen molar-refractivity contribution in [1.29, 1.82) is 0 Å². The predicted octanol–water partition coefficient (Wildman–Crippen LogP) is 2.88. The largest absolute Gasteiger partial charge is 0.338 e. The van der Waals surface area contributed by atoms with E-state index in [1.165, 1.54) is 18.0 Å². The molecule has 9 heteroatoms. The molecule has 0 N–H and O–H groups in total. The molecule has 0 saturated carbocycles. The average Bonchev–Trinajstić information content (AvgIpc) is 3.09. The normalized spacial score (nSPS) is 16.2. The second-order valence-corrected chi connectivity index (χ2v) is 8.87. The first-order valence-corrected chi connectivity index (χ1v) is 10.9. The summed E-state index contributed by atoms with van der Waals surface area (Å²) in [6.45, 7) is 3.25. The van der Waals surface area contributed by atoms with Gasteiger partial charge >= 0.3 is 0 Å². The quantitative estimate of drug-likeness (QED) is 0.680. The van der Waals surface area contributed by atoms with Crippen LogP contribution in [0.2, 0.25) is 0 Å². The lowest BCUT2D eigenvalue weighted by Crippen LogP contribution is -2.35. The molecule has 3 heterocycles. The molecule has 0 atom stereocenters. The molecule has 2 aromatic heterocycles. The Morgan fingerprint density at radius 1 is 1.24 bits per heavy atom. The minimum absolute atomic E-state index is 0.252. The van der Waals surface area contributed by atoms with Crippen LogP contribution >= 0.6 is 11.8 Å². The van der Waals surface area contributed by atoms with Gasteiger partial charge in [-0.1, -0.05) is 30.3 Å². The number of aryl methyl sites for hydroxylation is 1. The van der Waals surface area contributed by atoms with Crippen molar-refractivity contribution in [3.05, 3.63) is 30.0 Å². The van der Waals surface area contributed by atoms with E-state index in [0.717, 1.165) is 37.1 Å². The smallest absolute Gasteiger partial charge is 0.244 e. The average molecular weight is 383 g/mol. The lowest BCUT2D eigenvalue weighted by Gasteiger charge is -2.25. The highest BCUT2D eigenvalue weighted by Gasteiger charge is 2.26. The Labute approximate surface area is 152 Å². The van der Waals surface area contributed by atoms with Gasteiger partial charge in [0.2, 0.25) is 15.9 Å². The van der Waals surface area contributed by atoms with Crippen LogP contribution in [0.15, 0.2) is 32.8 Å². The van der Waals surface area contributed by atoms with Gasteiger partial charge in [-0.2, -0.15) is 9.29 Å². The molecule has 3 rings (SSSR count). The minimum Gasteiger partial charge on any atom is -0.338 e. The molecule has 7 nitrogen and oxygen atoms in total. The fraction of sp³-hybridized carbons (Fsp3) is 0.562. The SMILES string of the molecule is CCCc1noc(CSc2ccc(S(=O)(=O)N3CCCCC3)cn2)n1. The van der Waals surface area contributed by atoms with Crippen molar-refractivity contribution >= 4 is 21.8 Å². The number of aromatic nitrogens is 3. The van der Waals surface area contributed by atoms with Crippen molar-refractivity contribution in [1.82, 2.24) is 19.4 Å². The number of sulfonamides is 1. The van der Waals surface area contributed by atoms with E-state index in [1.807, 2.05) is 0 Å². The van der Waals surface area contributed by atoms with Crippen LogP contribution in [0.5, 0.6) is 0 Å². The second-order valence-electron chi connectivity index (χ2n) is 5.94. The van der Waals surface area contributed by atoms with E-state index < -0.39 is 10.0 Å². The standard InChI is InChI=1S/C16H22N4O3S2/c1-2-6-14-18-15(23-19-14)12-24-16-8-7-13(11-17-16)25(21,22)20-9-4-3-5-10-20/h7-8,11H,2-6,9-10,12H2,1H3. The van der Waals surface area contributed by atoms with Crippen molar-refractivity contribution in [3.63, 3.8) is 0 Å². The molecule has 0 aliphatic carbocycles. The van der Waals surface area contributed by atoms with Crippen LogP contribution in [0, 0.1) is 0 Å². The molecule has 1 aliphatic rings. The molecule has 0 aromatic carbocycles. The molecule has 0 unspecified atom stereocenters. The van der Waals surface area contributed by atoms with E-state index in [-0.39, 0.29) is 4.90 Å². The van der Waals surface area contributed by atoms with Gasteiger partial charge in [0.1, 0.15) is 4.90 Å². The molecular formula is C16H22N4O3S2. The molecular weight excluding hydrogens is 360 g/mol. The molecule has 0 spiro atoms. The van der Waals surface area contributed by atoms with Crippen molar-refractivity contribution in [3.8, 4) is 0 Å². The lowest BCUT2D eigenvalue weighted by molar-refractivity contribution is 0.346. The zero-order valence-electron chi connectivity index (χ0n) is 14.2. The van der Waals surface area contributed by atoms with Gasteiger partial charge < -0.3 is 4.52 Å². The maximum Gasteiger partial charge on any atom is 0.244 e. The number of rotatable bonds is 7. The first-order chi connectivity index (χ1) is 12.1. The van der Waals surface area contributed by atoms with Gasteiger partial charge in [-0.15, -0.1) is 0 Å². The monoisotopic (exact) mass is 382 g/mol. The lowest BCUT2D eigenvalue weighted by atomic mass is 10.2. The molecule has 1 fully saturated rings. The van der Waals surface area contributed by atoms with Crippen LogP contribution < -0.4 is 0 Å². The molecule has 136 valence electrons.